The van der Waals surface area contributed by atoms with Crippen LogP contribution in [0.5, 0.6) is 0 Å². The van der Waals surface area contributed by atoms with E-state index in [4.69, 9.17) is 9.47 Å². The topological polar surface area (TPSA) is 76.7 Å². The molecule has 0 spiro atoms. The average molecular weight is 447 g/mol. The number of alkyl carbamates (subject to hydrolysis) is 1. The van der Waals surface area contributed by atoms with E-state index in [0.29, 0.717) is 6.54 Å². The van der Waals surface area contributed by atoms with Gasteiger partial charge < -0.3 is 20.1 Å². The smallest absolute Gasteiger partial charge is 0.408 e. The summed E-state index contributed by atoms with van der Waals surface area (Å²) in [6.45, 7) is 16.4. The number of ether oxygens (including phenoxy) is 2. The van der Waals surface area contributed by atoms with Gasteiger partial charge in [-0.2, -0.15) is 0 Å². The third kappa shape index (κ3) is 7.66. The van der Waals surface area contributed by atoms with Crippen LogP contribution >= 0.6 is 0 Å². The third-order valence-corrected chi connectivity index (χ3v) is 5.46. The quantitative estimate of drug-likeness (QED) is 0.431. The van der Waals surface area contributed by atoms with Crippen LogP contribution < -0.4 is 10.6 Å². The fourth-order valence-electron chi connectivity index (χ4n) is 4.03. The summed E-state index contributed by atoms with van der Waals surface area (Å²) in [4.78, 5) is 25.1. The highest BCUT2D eigenvalue weighted by molar-refractivity contribution is 5.85. The Hall–Kier alpha value is -2.34. The van der Waals surface area contributed by atoms with Crippen LogP contribution in [0.25, 0.3) is 0 Å². The number of hydrogen-bond acceptors (Lipinski definition) is 4. The second kappa shape index (κ2) is 13.9. The molecule has 2 N–H and O–H groups in total. The first-order valence-corrected chi connectivity index (χ1v) is 11.8. The van der Waals surface area contributed by atoms with E-state index in [1.54, 1.807) is 0 Å². The van der Waals surface area contributed by atoms with Gasteiger partial charge in [0.2, 0.25) is 5.91 Å². The minimum Gasteiger partial charge on any atom is -0.446 e. The molecule has 0 saturated carbocycles. The zero-order chi connectivity index (χ0) is 24.3. The molecule has 0 saturated heterocycles. The standard InChI is InChI=1S/C26H42N2O4/c1-9-13-15-22-20(11-3)24(18(7)21(22)14-10-2)19(8)32-26(30)28-23(16-31-17(5)6)25(29)27-12-4/h10,13-15,17,19,23-24H,9,11-12,16H2,1-8H3,(H,27,29)(H,28,30). The molecule has 0 aliphatic heterocycles. The average Bonchev–Trinajstić information content (AvgIpc) is 3.00. The first-order chi connectivity index (χ1) is 15.2. The lowest BCUT2D eigenvalue weighted by Gasteiger charge is -2.26. The summed E-state index contributed by atoms with van der Waals surface area (Å²) in [6.07, 6.45) is 9.29. The number of rotatable bonds is 12. The predicted molar refractivity (Wildman–Crippen MR) is 130 cm³/mol. The van der Waals surface area contributed by atoms with Crippen molar-refractivity contribution in [2.24, 2.45) is 5.92 Å². The Morgan fingerprint density at radius 3 is 2.31 bits per heavy atom. The normalized spacial score (nSPS) is 18.7. The van der Waals surface area contributed by atoms with Gasteiger partial charge in [-0.15, -0.1) is 0 Å². The van der Waals surface area contributed by atoms with Crippen LogP contribution in [0.3, 0.4) is 0 Å². The van der Waals surface area contributed by atoms with Gasteiger partial charge in [0.05, 0.1) is 12.7 Å². The molecule has 2 amide bonds. The lowest BCUT2D eigenvalue weighted by atomic mass is 9.89. The van der Waals surface area contributed by atoms with Gasteiger partial charge >= 0.3 is 6.09 Å². The van der Waals surface area contributed by atoms with Crippen LogP contribution in [0.4, 0.5) is 4.79 Å². The van der Waals surface area contributed by atoms with Gasteiger partial charge in [-0.3, -0.25) is 4.79 Å². The molecule has 0 aromatic rings. The monoisotopic (exact) mass is 446 g/mol. The molecule has 6 nitrogen and oxygen atoms in total. The summed E-state index contributed by atoms with van der Waals surface area (Å²) < 4.78 is 11.3. The lowest BCUT2D eigenvalue weighted by Crippen LogP contribution is -2.50. The Morgan fingerprint density at radius 1 is 1.09 bits per heavy atom. The van der Waals surface area contributed by atoms with Crippen LogP contribution in [0.2, 0.25) is 0 Å². The largest absolute Gasteiger partial charge is 0.446 e. The Balaban J connectivity index is 3.05. The second-order valence-corrected chi connectivity index (χ2v) is 8.26. The van der Waals surface area contributed by atoms with E-state index in [-0.39, 0.29) is 30.6 Å². The number of hydrogen-bond donors (Lipinski definition) is 2. The van der Waals surface area contributed by atoms with E-state index < -0.39 is 12.1 Å². The fourth-order valence-corrected chi connectivity index (χ4v) is 4.03. The van der Waals surface area contributed by atoms with E-state index in [9.17, 15) is 9.59 Å². The first kappa shape index (κ1) is 27.7. The second-order valence-electron chi connectivity index (χ2n) is 8.26. The van der Waals surface area contributed by atoms with Gasteiger partial charge in [-0.1, -0.05) is 49.3 Å². The van der Waals surface area contributed by atoms with Crippen molar-refractivity contribution < 1.29 is 19.1 Å². The van der Waals surface area contributed by atoms with Crippen LogP contribution in [0, 0.1) is 5.92 Å². The van der Waals surface area contributed by atoms with Crippen molar-refractivity contribution in [3.8, 4) is 0 Å². The molecule has 3 unspecified atom stereocenters. The van der Waals surface area contributed by atoms with Gasteiger partial charge in [0.1, 0.15) is 12.1 Å². The van der Waals surface area contributed by atoms with Crippen LogP contribution in [-0.2, 0) is 14.3 Å². The molecule has 180 valence electrons. The van der Waals surface area contributed by atoms with Crippen molar-refractivity contribution in [3.63, 3.8) is 0 Å². The molecule has 0 bridgehead atoms. The molecule has 0 aromatic carbocycles. The Kier molecular flexibility index (Phi) is 12.1. The van der Waals surface area contributed by atoms with Gasteiger partial charge in [-0.05, 0) is 65.5 Å². The molecule has 1 rings (SSSR count). The van der Waals surface area contributed by atoms with Crippen molar-refractivity contribution in [3.05, 3.63) is 46.6 Å². The number of allylic oxidation sites excluding steroid dienone is 6. The van der Waals surface area contributed by atoms with E-state index in [1.807, 2.05) is 40.7 Å². The molecule has 0 heterocycles. The lowest BCUT2D eigenvalue weighted by molar-refractivity contribution is -0.124. The Bertz CT molecular complexity index is 762. The molecule has 1 aliphatic rings. The zero-order valence-electron chi connectivity index (χ0n) is 21.1. The third-order valence-electron chi connectivity index (χ3n) is 5.46. The summed E-state index contributed by atoms with van der Waals surface area (Å²) in [5.41, 5.74) is 4.88. The van der Waals surface area contributed by atoms with E-state index in [0.717, 1.165) is 12.8 Å². The number of carbonyl (C=O) groups is 2. The number of carbonyl (C=O) groups excluding carboxylic acids is 2. The minimum absolute atomic E-state index is 0.00304. The summed E-state index contributed by atoms with van der Waals surface area (Å²) in [5, 5.41) is 5.41. The molecule has 1 aliphatic carbocycles. The van der Waals surface area contributed by atoms with Crippen molar-refractivity contribution in [2.45, 2.75) is 86.5 Å². The summed E-state index contributed by atoms with van der Waals surface area (Å²) in [7, 11) is 0. The Labute approximate surface area is 194 Å². The molecule has 0 fully saturated rings. The highest BCUT2D eigenvalue weighted by Gasteiger charge is 2.34. The van der Waals surface area contributed by atoms with Gasteiger partial charge in [0, 0.05) is 12.5 Å². The maximum Gasteiger partial charge on any atom is 0.408 e. The number of likely N-dealkylation sites (N-methyl/N-ethyl adjacent to an activating group) is 1. The van der Waals surface area contributed by atoms with Crippen LogP contribution in [0.1, 0.15) is 68.2 Å². The van der Waals surface area contributed by atoms with Crippen molar-refractivity contribution in [1.82, 2.24) is 10.6 Å². The SMILES string of the molecule is CC=CC1=C(C)C(C(C)OC(=O)NC(COC(C)C)C(=O)NCC)C(CC)=C1C=CCC. The maximum atomic E-state index is 12.7. The van der Waals surface area contributed by atoms with Crippen molar-refractivity contribution >= 4 is 12.0 Å². The molecule has 0 aromatic heterocycles. The highest BCUT2D eigenvalue weighted by atomic mass is 16.6. The van der Waals surface area contributed by atoms with Crippen LogP contribution in [0.15, 0.2) is 46.6 Å². The molecule has 0 radical (unpaired) electrons. The zero-order valence-corrected chi connectivity index (χ0v) is 21.1. The maximum absolute atomic E-state index is 12.7. The van der Waals surface area contributed by atoms with Gasteiger partial charge in [0.15, 0.2) is 0 Å². The van der Waals surface area contributed by atoms with E-state index in [2.05, 4.69) is 49.6 Å². The van der Waals surface area contributed by atoms with Crippen molar-refractivity contribution in [2.75, 3.05) is 13.2 Å². The highest BCUT2D eigenvalue weighted by Crippen LogP contribution is 2.42. The summed E-state index contributed by atoms with van der Waals surface area (Å²) >= 11 is 0. The van der Waals surface area contributed by atoms with Gasteiger partial charge in [0.25, 0.3) is 0 Å². The minimum atomic E-state index is -0.805. The summed E-state index contributed by atoms with van der Waals surface area (Å²) in [6, 6.07) is -0.805. The molecular formula is C26H42N2O4. The van der Waals surface area contributed by atoms with E-state index in [1.165, 1.54) is 22.3 Å². The van der Waals surface area contributed by atoms with Gasteiger partial charge in [-0.25, -0.2) is 4.79 Å². The summed E-state index contributed by atoms with van der Waals surface area (Å²) in [5.74, 6) is -0.283. The Morgan fingerprint density at radius 2 is 1.78 bits per heavy atom. The molecule has 6 heteroatoms. The number of nitrogens with one attached hydrogen (secondary N) is 2. The predicted octanol–water partition coefficient (Wildman–Crippen LogP) is 5.23. The molecule has 32 heavy (non-hydrogen) atoms. The van der Waals surface area contributed by atoms with Crippen molar-refractivity contribution in [1.29, 1.82) is 0 Å². The molecular weight excluding hydrogens is 404 g/mol. The van der Waals surface area contributed by atoms with Crippen LogP contribution in [-0.4, -0.2) is 43.4 Å². The first-order valence-electron chi connectivity index (χ1n) is 11.8. The molecule has 3 atom stereocenters. The number of amides is 2. The fraction of sp³-hybridized carbons (Fsp3) is 0.615. The van der Waals surface area contributed by atoms with E-state index >= 15 is 0 Å².